The second-order valence-corrected chi connectivity index (χ2v) is 8.56. The number of amides is 5. The van der Waals surface area contributed by atoms with Crippen LogP contribution in [0.25, 0.3) is 0 Å². The molecule has 5 amide bonds. The van der Waals surface area contributed by atoms with Crippen LogP contribution in [0.5, 0.6) is 0 Å². The summed E-state index contributed by atoms with van der Waals surface area (Å²) in [7, 11) is 0. The standard InChI is InChI=1S/C21H39N9O7/c1-3-10(2)16(24)19(35)28-11(5-4-8-27-21(25)26)17(33)30-13(9-15(23)32)18(34)29-12(20(36)37)6-7-14(22)31/h10-13,16H,3-9,24H2,1-2H3,(H2,22,31)(H2,23,32)(H,28,35)(H,29,34)(H,30,33)(H,36,37)(H4,25,26,27). The number of aliphatic imine (C=N–C) groups is 1. The lowest BCUT2D eigenvalue weighted by molar-refractivity contribution is -0.142. The molecule has 0 saturated carbocycles. The minimum absolute atomic E-state index is 0.0445. The second kappa shape index (κ2) is 16.7. The van der Waals surface area contributed by atoms with E-state index in [0.29, 0.717) is 6.42 Å². The largest absolute Gasteiger partial charge is 0.480 e. The van der Waals surface area contributed by atoms with Crippen molar-refractivity contribution in [3.05, 3.63) is 0 Å². The smallest absolute Gasteiger partial charge is 0.326 e. The average Bonchev–Trinajstić information content (AvgIpc) is 2.80. The fourth-order valence-corrected chi connectivity index (χ4v) is 3.05. The van der Waals surface area contributed by atoms with E-state index in [1.165, 1.54) is 0 Å². The van der Waals surface area contributed by atoms with Gasteiger partial charge in [-0.1, -0.05) is 20.3 Å². The monoisotopic (exact) mass is 529 g/mol. The highest BCUT2D eigenvalue weighted by molar-refractivity contribution is 5.96. The van der Waals surface area contributed by atoms with Crippen LogP contribution in [-0.2, 0) is 28.8 Å². The minimum atomic E-state index is -1.57. The number of nitrogens with zero attached hydrogens (tertiary/aromatic N) is 1. The summed E-state index contributed by atoms with van der Waals surface area (Å²) in [4.78, 5) is 76.1. The molecule has 0 heterocycles. The maximum atomic E-state index is 13.0. The number of hydrogen-bond acceptors (Lipinski definition) is 8. The number of nitrogens with one attached hydrogen (secondary N) is 3. The zero-order valence-corrected chi connectivity index (χ0v) is 21.1. The molecule has 0 bridgehead atoms. The predicted octanol–water partition coefficient (Wildman–Crippen LogP) is -3.91. The summed E-state index contributed by atoms with van der Waals surface area (Å²) in [6.07, 6.45) is -0.397. The van der Waals surface area contributed by atoms with Gasteiger partial charge >= 0.3 is 5.97 Å². The highest BCUT2D eigenvalue weighted by Gasteiger charge is 2.31. The van der Waals surface area contributed by atoms with Crippen molar-refractivity contribution < 1.29 is 33.9 Å². The van der Waals surface area contributed by atoms with Crippen molar-refractivity contribution in [2.45, 2.75) is 76.5 Å². The fraction of sp³-hybridized carbons (Fsp3) is 0.667. The Morgan fingerprint density at radius 1 is 0.811 bits per heavy atom. The van der Waals surface area contributed by atoms with Gasteiger partial charge < -0.3 is 49.7 Å². The molecule has 37 heavy (non-hydrogen) atoms. The van der Waals surface area contributed by atoms with Crippen LogP contribution in [0.4, 0.5) is 0 Å². The molecule has 16 nitrogen and oxygen atoms in total. The third-order valence-corrected chi connectivity index (χ3v) is 5.47. The molecule has 0 fully saturated rings. The number of carbonyl (C=O) groups is 6. The first kappa shape index (κ1) is 33.0. The van der Waals surface area contributed by atoms with Crippen LogP contribution in [0.1, 0.15) is 52.4 Å². The lowest BCUT2D eigenvalue weighted by atomic mass is 9.98. The van der Waals surface area contributed by atoms with E-state index in [1.807, 2.05) is 6.92 Å². The Morgan fingerprint density at radius 3 is 1.84 bits per heavy atom. The molecule has 210 valence electrons. The van der Waals surface area contributed by atoms with Crippen LogP contribution in [0.15, 0.2) is 4.99 Å². The van der Waals surface area contributed by atoms with E-state index >= 15 is 0 Å². The van der Waals surface area contributed by atoms with Crippen molar-refractivity contribution >= 4 is 41.5 Å². The van der Waals surface area contributed by atoms with E-state index in [1.54, 1.807) is 6.92 Å². The molecule has 0 rings (SSSR count). The number of aliphatic carboxylic acids is 1. The fourth-order valence-electron chi connectivity index (χ4n) is 3.05. The number of carboxylic acid groups (broad SMARTS) is 1. The predicted molar refractivity (Wildman–Crippen MR) is 133 cm³/mol. The summed E-state index contributed by atoms with van der Waals surface area (Å²) in [6, 6.07) is -5.19. The van der Waals surface area contributed by atoms with Crippen LogP contribution in [0.3, 0.4) is 0 Å². The Kier molecular flexibility index (Phi) is 14.9. The number of carboxylic acids is 1. The lowest BCUT2D eigenvalue weighted by Gasteiger charge is -2.25. The molecular weight excluding hydrogens is 490 g/mol. The Labute approximate surface area is 214 Å². The van der Waals surface area contributed by atoms with Gasteiger partial charge in [-0.15, -0.1) is 0 Å². The average molecular weight is 530 g/mol. The molecule has 0 spiro atoms. The molecule has 5 unspecified atom stereocenters. The van der Waals surface area contributed by atoms with E-state index in [2.05, 4.69) is 20.9 Å². The van der Waals surface area contributed by atoms with Gasteiger partial charge in [-0.25, -0.2) is 4.79 Å². The lowest BCUT2D eigenvalue weighted by Crippen LogP contribution is -2.58. The van der Waals surface area contributed by atoms with Crippen molar-refractivity contribution in [3.8, 4) is 0 Å². The topological polar surface area (TPSA) is 301 Å². The van der Waals surface area contributed by atoms with Crippen molar-refractivity contribution in [2.75, 3.05) is 6.54 Å². The van der Waals surface area contributed by atoms with Crippen LogP contribution < -0.4 is 44.6 Å². The first-order chi connectivity index (χ1) is 17.2. The molecule has 0 aliphatic rings. The molecule has 0 aliphatic heterocycles. The van der Waals surface area contributed by atoms with E-state index in [4.69, 9.17) is 28.7 Å². The van der Waals surface area contributed by atoms with Gasteiger partial charge in [-0.2, -0.15) is 0 Å². The Hall–Kier alpha value is -3.95. The van der Waals surface area contributed by atoms with Gasteiger partial charge in [0.15, 0.2) is 5.96 Å². The van der Waals surface area contributed by atoms with Gasteiger partial charge in [0, 0.05) is 13.0 Å². The molecule has 0 aromatic heterocycles. The van der Waals surface area contributed by atoms with Gasteiger partial charge in [0.05, 0.1) is 12.5 Å². The van der Waals surface area contributed by atoms with E-state index in [-0.39, 0.29) is 44.1 Å². The SMILES string of the molecule is CCC(C)C(N)C(=O)NC(CCCN=C(N)N)C(=O)NC(CC(N)=O)C(=O)NC(CCC(N)=O)C(=O)O. The number of carbonyl (C=O) groups excluding carboxylic acids is 5. The highest BCUT2D eigenvalue weighted by Crippen LogP contribution is 2.08. The van der Waals surface area contributed by atoms with Crippen LogP contribution in [0.2, 0.25) is 0 Å². The van der Waals surface area contributed by atoms with E-state index in [0.717, 1.165) is 0 Å². The summed E-state index contributed by atoms with van der Waals surface area (Å²) >= 11 is 0. The van der Waals surface area contributed by atoms with Crippen molar-refractivity contribution in [3.63, 3.8) is 0 Å². The van der Waals surface area contributed by atoms with Crippen LogP contribution in [-0.4, -0.2) is 77.3 Å². The molecule has 0 aromatic carbocycles. The zero-order chi connectivity index (χ0) is 28.7. The second-order valence-electron chi connectivity index (χ2n) is 8.56. The summed E-state index contributed by atoms with van der Waals surface area (Å²) < 4.78 is 0. The molecular formula is C21H39N9O7. The maximum Gasteiger partial charge on any atom is 0.326 e. The molecule has 0 radical (unpaired) electrons. The summed E-state index contributed by atoms with van der Waals surface area (Å²) in [6.45, 7) is 3.76. The highest BCUT2D eigenvalue weighted by atomic mass is 16.4. The van der Waals surface area contributed by atoms with Crippen molar-refractivity contribution in [2.24, 2.45) is 39.6 Å². The van der Waals surface area contributed by atoms with Crippen molar-refractivity contribution in [1.29, 1.82) is 0 Å². The molecule has 5 atom stereocenters. The quantitative estimate of drug-likeness (QED) is 0.0472. The third kappa shape index (κ3) is 13.6. The molecule has 0 aromatic rings. The van der Waals surface area contributed by atoms with Gasteiger partial charge in [0.1, 0.15) is 18.1 Å². The number of nitrogens with two attached hydrogens (primary N) is 5. The number of guanidine groups is 1. The van der Waals surface area contributed by atoms with Crippen molar-refractivity contribution in [1.82, 2.24) is 16.0 Å². The van der Waals surface area contributed by atoms with E-state index < -0.39 is 66.1 Å². The number of rotatable bonds is 18. The van der Waals surface area contributed by atoms with Gasteiger partial charge in [0.2, 0.25) is 29.5 Å². The number of hydrogen-bond donors (Lipinski definition) is 9. The zero-order valence-electron chi connectivity index (χ0n) is 21.1. The van der Waals surface area contributed by atoms with Crippen LogP contribution >= 0.6 is 0 Å². The minimum Gasteiger partial charge on any atom is -0.480 e. The molecule has 14 N–H and O–H groups in total. The summed E-state index contributed by atoms with van der Waals surface area (Å²) in [5, 5.41) is 16.3. The third-order valence-electron chi connectivity index (χ3n) is 5.47. The Morgan fingerprint density at radius 2 is 1.35 bits per heavy atom. The first-order valence-electron chi connectivity index (χ1n) is 11.7. The Bertz CT molecular complexity index is 861. The maximum absolute atomic E-state index is 13.0. The van der Waals surface area contributed by atoms with Gasteiger partial charge in [-0.3, -0.25) is 29.0 Å². The number of primary amides is 2. The first-order valence-corrected chi connectivity index (χ1v) is 11.7. The van der Waals surface area contributed by atoms with Crippen LogP contribution in [0, 0.1) is 5.92 Å². The Balaban J connectivity index is 5.68. The molecule has 0 saturated heterocycles. The molecule has 16 heteroatoms. The van der Waals surface area contributed by atoms with Gasteiger partial charge in [0.25, 0.3) is 0 Å². The normalized spacial score (nSPS) is 14.7. The summed E-state index contributed by atoms with van der Waals surface area (Å²) in [5.74, 6) is -6.04. The molecule has 0 aliphatic carbocycles. The van der Waals surface area contributed by atoms with Gasteiger partial charge in [-0.05, 0) is 25.2 Å². The van der Waals surface area contributed by atoms with E-state index in [9.17, 15) is 33.9 Å². The summed E-state index contributed by atoms with van der Waals surface area (Å²) in [5.41, 5.74) is 26.7.